The molecule has 0 saturated heterocycles. The summed E-state index contributed by atoms with van der Waals surface area (Å²) in [7, 11) is 0. The normalized spacial score (nSPS) is 44.8. The molecule has 0 aromatic rings. The van der Waals surface area contributed by atoms with Crippen molar-refractivity contribution in [3.05, 3.63) is 0 Å². The predicted molar refractivity (Wildman–Crippen MR) is 74.5 cm³/mol. The Balaban J connectivity index is 1.88. The Kier molecular flexibility index (Phi) is 4.38. The SMILES string of the molecule is CC1CCC(OC2CC(C)(C)CCC2O)CC1C. The number of hydrogen-bond acceptors (Lipinski definition) is 2. The molecule has 2 fully saturated rings. The van der Waals surface area contributed by atoms with Crippen LogP contribution in [0.5, 0.6) is 0 Å². The molecule has 0 aromatic heterocycles. The first-order valence-corrected chi connectivity index (χ1v) is 7.71. The first-order valence-electron chi connectivity index (χ1n) is 7.71. The molecule has 0 heterocycles. The zero-order chi connectivity index (χ0) is 13.3. The van der Waals surface area contributed by atoms with Crippen LogP contribution in [0.2, 0.25) is 0 Å². The second-order valence-corrected chi connectivity index (χ2v) is 7.54. The smallest absolute Gasteiger partial charge is 0.0842 e. The maximum absolute atomic E-state index is 10.1. The van der Waals surface area contributed by atoms with Crippen molar-refractivity contribution in [2.45, 2.75) is 84.5 Å². The highest BCUT2D eigenvalue weighted by molar-refractivity contribution is 4.87. The summed E-state index contributed by atoms with van der Waals surface area (Å²) in [5, 5.41) is 10.1. The molecule has 0 amide bonds. The van der Waals surface area contributed by atoms with Crippen LogP contribution in [0.15, 0.2) is 0 Å². The van der Waals surface area contributed by atoms with Gasteiger partial charge < -0.3 is 9.84 Å². The average Bonchev–Trinajstić information content (AvgIpc) is 2.28. The molecule has 0 aliphatic heterocycles. The summed E-state index contributed by atoms with van der Waals surface area (Å²) in [6.07, 6.45) is 6.85. The summed E-state index contributed by atoms with van der Waals surface area (Å²) >= 11 is 0. The van der Waals surface area contributed by atoms with Crippen molar-refractivity contribution >= 4 is 0 Å². The summed E-state index contributed by atoms with van der Waals surface area (Å²) in [6, 6.07) is 0. The van der Waals surface area contributed by atoms with Crippen LogP contribution in [-0.2, 0) is 4.74 Å². The molecule has 0 spiro atoms. The first kappa shape index (κ1) is 14.3. The van der Waals surface area contributed by atoms with Crippen molar-refractivity contribution < 1.29 is 9.84 Å². The van der Waals surface area contributed by atoms with Crippen molar-refractivity contribution in [3.63, 3.8) is 0 Å². The van der Waals surface area contributed by atoms with Gasteiger partial charge in [0.2, 0.25) is 0 Å². The second-order valence-electron chi connectivity index (χ2n) is 7.54. The van der Waals surface area contributed by atoms with Gasteiger partial charge in [-0.1, -0.05) is 27.7 Å². The third kappa shape index (κ3) is 3.48. The lowest BCUT2D eigenvalue weighted by Crippen LogP contribution is -2.42. The fourth-order valence-electron chi connectivity index (χ4n) is 3.51. The van der Waals surface area contributed by atoms with Gasteiger partial charge in [-0.3, -0.25) is 0 Å². The molecule has 0 radical (unpaired) electrons. The predicted octanol–water partition coefficient (Wildman–Crippen LogP) is 3.77. The van der Waals surface area contributed by atoms with Gasteiger partial charge in [0.25, 0.3) is 0 Å². The third-order valence-electron chi connectivity index (χ3n) is 5.22. The molecule has 5 atom stereocenters. The van der Waals surface area contributed by atoms with Gasteiger partial charge in [-0.25, -0.2) is 0 Å². The molecule has 106 valence electrons. The molecule has 18 heavy (non-hydrogen) atoms. The van der Waals surface area contributed by atoms with Crippen LogP contribution in [0.3, 0.4) is 0 Å². The van der Waals surface area contributed by atoms with E-state index in [1.807, 2.05) is 0 Å². The molecule has 1 N–H and O–H groups in total. The molecule has 5 unspecified atom stereocenters. The molecular formula is C16H30O2. The number of aliphatic hydroxyl groups is 1. The summed E-state index contributed by atoms with van der Waals surface area (Å²) in [4.78, 5) is 0. The van der Waals surface area contributed by atoms with Gasteiger partial charge in [0, 0.05) is 0 Å². The topological polar surface area (TPSA) is 29.5 Å². The van der Waals surface area contributed by atoms with Crippen LogP contribution in [0.4, 0.5) is 0 Å². The Hall–Kier alpha value is -0.0800. The van der Waals surface area contributed by atoms with Gasteiger partial charge in [-0.2, -0.15) is 0 Å². The molecular weight excluding hydrogens is 224 g/mol. The number of hydrogen-bond donors (Lipinski definition) is 1. The molecule has 2 heteroatoms. The fourth-order valence-corrected chi connectivity index (χ4v) is 3.51. The second kappa shape index (κ2) is 5.50. The van der Waals surface area contributed by atoms with Crippen molar-refractivity contribution in [1.29, 1.82) is 0 Å². The van der Waals surface area contributed by atoms with Gasteiger partial charge in [-0.15, -0.1) is 0 Å². The Morgan fingerprint density at radius 1 is 1.06 bits per heavy atom. The zero-order valence-corrected chi connectivity index (χ0v) is 12.5. The fraction of sp³-hybridized carbons (Fsp3) is 1.00. The summed E-state index contributed by atoms with van der Waals surface area (Å²) in [5.41, 5.74) is 0.331. The van der Waals surface area contributed by atoms with Crippen LogP contribution < -0.4 is 0 Å². The van der Waals surface area contributed by atoms with Crippen LogP contribution in [-0.4, -0.2) is 23.4 Å². The van der Waals surface area contributed by atoms with E-state index in [4.69, 9.17) is 4.74 Å². The lowest BCUT2D eigenvalue weighted by atomic mass is 9.74. The Bertz CT molecular complexity index is 274. The zero-order valence-electron chi connectivity index (χ0n) is 12.5. The standard InChI is InChI=1S/C16H30O2/c1-11-5-6-13(9-12(11)2)18-15-10-16(3,4)8-7-14(15)17/h11-15,17H,5-10H2,1-4H3. The van der Waals surface area contributed by atoms with E-state index in [1.165, 1.54) is 19.3 Å². The molecule has 2 aliphatic rings. The van der Waals surface area contributed by atoms with Crippen LogP contribution in [0.1, 0.15) is 66.2 Å². The monoisotopic (exact) mass is 254 g/mol. The van der Waals surface area contributed by atoms with E-state index in [1.54, 1.807) is 0 Å². The summed E-state index contributed by atoms with van der Waals surface area (Å²) in [6.45, 7) is 9.27. The maximum atomic E-state index is 10.1. The largest absolute Gasteiger partial charge is 0.390 e. The lowest BCUT2D eigenvalue weighted by Gasteiger charge is -2.41. The number of ether oxygens (including phenoxy) is 1. The Morgan fingerprint density at radius 3 is 2.44 bits per heavy atom. The highest BCUT2D eigenvalue weighted by Gasteiger charge is 2.37. The molecule has 2 rings (SSSR count). The Labute approximate surface area is 112 Å². The van der Waals surface area contributed by atoms with E-state index in [0.717, 1.165) is 31.1 Å². The van der Waals surface area contributed by atoms with Crippen molar-refractivity contribution in [2.24, 2.45) is 17.3 Å². The summed E-state index contributed by atoms with van der Waals surface area (Å²) in [5.74, 6) is 1.59. The van der Waals surface area contributed by atoms with Crippen molar-refractivity contribution in [2.75, 3.05) is 0 Å². The minimum absolute atomic E-state index is 0.0688. The quantitative estimate of drug-likeness (QED) is 0.813. The first-order chi connectivity index (χ1) is 8.37. The van der Waals surface area contributed by atoms with Gasteiger partial charge in [0.15, 0.2) is 0 Å². The average molecular weight is 254 g/mol. The van der Waals surface area contributed by atoms with Crippen molar-refractivity contribution in [1.82, 2.24) is 0 Å². The third-order valence-corrected chi connectivity index (χ3v) is 5.22. The van der Waals surface area contributed by atoms with E-state index >= 15 is 0 Å². The van der Waals surface area contributed by atoms with Gasteiger partial charge in [0.05, 0.1) is 18.3 Å². The molecule has 2 aliphatic carbocycles. The van der Waals surface area contributed by atoms with Gasteiger partial charge >= 0.3 is 0 Å². The molecule has 2 nitrogen and oxygen atoms in total. The minimum atomic E-state index is -0.243. The van der Waals surface area contributed by atoms with Crippen molar-refractivity contribution in [3.8, 4) is 0 Å². The van der Waals surface area contributed by atoms with E-state index in [-0.39, 0.29) is 12.2 Å². The minimum Gasteiger partial charge on any atom is -0.390 e. The number of aliphatic hydroxyl groups excluding tert-OH is 1. The Morgan fingerprint density at radius 2 is 1.78 bits per heavy atom. The molecule has 2 saturated carbocycles. The lowest BCUT2D eigenvalue weighted by molar-refractivity contribution is -0.130. The number of rotatable bonds is 2. The van der Waals surface area contributed by atoms with E-state index in [9.17, 15) is 5.11 Å². The van der Waals surface area contributed by atoms with E-state index < -0.39 is 0 Å². The highest BCUT2D eigenvalue weighted by Crippen LogP contribution is 2.39. The van der Waals surface area contributed by atoms with Crippen LogP contribution in [0.25, 0.3) is 0 Å². The van der Waals surface area contributed by atoms with Gasteiger partial charge in [0.1, 0.15) is 0 Å². The van der Waals surface area contributed by atoms with Gasteiger partial charge in [-0.05, 0) is 55.8 Å². The van der Waals surface area contributed by atoms with E-state index in [2.05, 4.69) is 27.7 Å². The van der Waals surface area contributed by atoms with E-state index in [0.29, 0.717) is 11.5 Å². The van der Waals surface area contributed by atoms with Crippen LogP contribution >= 0.6 is 0 Å². The molecule has 0 bridgehead atoms. The summed E-state index contributed by atoms with van der Waals surface area (Å²) < 4.78 is 6.25. The van der Waals surface area contributed by atoms with Crippen LogP contribution in [0, 0.1) is 17.3 Å². The maximum Gasteiger partial charge on any atom is 0.0842 e. The highest BCUT2D eigenvalue weighted by atomic mass is 16.5. The molecule has 0 aromatic carbocycles.